The Morgan fingerprint density at radius 2 is 1.29 bits per heavy atom. The van der Waals surface area contributed by atoms with E-state index >= 15 is 0 Å². The number of carbonyl (C=O) groups excluding carboxylic acids is 3. The van der Waals surface area contributed by atoms with Gasteiger partial charge in [0.25, 0.3) is 11.8 Å². The number of rotatable bonds is 9. The summed E-state index contributed by atoms with van der Waals surface area (Å²) in [6.07, 6.45) is -0.796. The van der Waals surface area contributed by atoms with Crippen molar-refractivity contribution in [3.05, 3.63) is 89.5 Å². The minimum Gasteiger partial charge on any atom is -0.494 e. The average molecular weight is 463 g/mol. The monoisotopic (exact) mass is 462 g/mol. The van der Waals surface area contributed by atoms with Crippen molar-refractivity contribution in [3.63, 3.8) is 0 Å². The maximum Gasteiger partial charge on any atom is 0.513 e. The van der Waals surface area contributed by atoms with E-state index in [1.54, 1.807) is 55.5 Å². The van der Waals surface area contributed by atoms with Crippen LogP contribution < -0.4 is 20.1 Å². The van der Waals surface area contributed by atoms with Gasteiger partial charge in [-0.2, -0.15) is 0 Å². The summed E-state index contributed by atoms with van der Waals surface area (Å²) >= 11 is 0. The topological polar surface area (TPSA) is 103 Å². The molecule has 0 heterocycles. The number of hydrogen-bond donors (Lipinski definition) is 2. The zero-order valence-electron chi connectivity index (χ0n) is 19.0. The average Bonchev–Trinajstić information content (AvgIpc) is 2.84. The molecule has 8 nitrogen and oxygen atoms in total. The maximum absolute atomic E-state index is 12.5. The molecular weight excluding hydrogens is 436 g/mol. The first-order valence-electron chi connectivity index (χ1n) is 10.8. The fourth-order valence-electron chi connectivity index (χ4n) is 2.98. The quantitative estimate of drug-likeness (QED) is 0.350. The number of anilines is 1. The molecule has 0 radical (unpaired) electrons. The first-order valence-corrected chi connectivity index (χ1v) is 10.8. The highest BCUT2D eigenvalue weighted by Gasteiger charge is 2.10. The molecule has 3 aromatic carbocycles. The molecule has 3 rings (SSSR count). The van der Waals surface area contributed by atoms with Crippen molar-refractivity contribution >= 4 is 23.7 Å². The number of ether oxygens (including phenoxy) is 3. The first kappa shape index (κ1) is 24.3. The zero-order valence-corrected chi connectivity index (χ0v) is 19.0. The van der Waals surface area contributed by atoms with Crippen LogP contribution in [0.15, 0.2) is 72.8 Å². The molecule has 0 atom stereocenters. The lowest BCUT2D eigenvalue weighted by Gasteiger charge is -2.09. The number of benzene rings is 3. The summed E-state index contributed by atoms with van der Waals surface area (Å²) in [5.74, 6) is 0.513. The van der Waals surface area contributed by atoms with E-state index in [9.17, 15) is 14.4 Å². The summed E-state index contributed by atoms with van der Waals surface area (Å²) in [7, 11) is 0. The molecule has 0 unspecified atom stereocenters. The molecule has 0 aliphatic carbocycles. The van der Waals surface area contributed by atoms with E-state index in [4.69, 9.17) is 14.2 Å². The maximum atomic E-state index is 12.5. The van der Waals surface area contributed by atoms with Gasteiger partial charge in [0.1, 0.15) is 11.5 Å². The van der Waals surface area contributed by atoms with Crippen LogP contribution in [0.25, 0.3) is 0 Å². The minimum absolute atomic E-state index is 0.184. The molecule has 0 saturated carbocycles. The Bertz CT molecular complexity index is 1110. The second kappa shape index (κ2) is 12.1. The van der Waals surface area contributed by atoms with Crippen molar-refractivity contribution in [2.75, 3.05) is 18.5 Å². The van der Waals surface area contributed by atoms with Gasteiger partial charge in [0.15, 0.2) is 0 Å². The summed E-state index contributed by atoms with van der Waals surface area (Å²) in [6.45, 7) is 4.72. The molecule has 0 fully saturated rings. The largest absolute Gasteiger partial charge is 0.513 e. The lowest BCUT2D eigenvalue weighted by Crippen LogP contribution is -2.22. The number of carbonyl (C=O) groups is 3. The Morgan fingerprint density at radius 3 is 1.88 bits per heavy atom. The third kappa shape index (κ3) is 7.09. The first-order chi connectivity index (χ1) is 16.5. The van der Waals surface area contributed by atoms with E-state index in [1.165, 1.54) is 12.1 Å². The smallest absolute Gasteiger partial charge is 0.494 e. The molecule has 0 aliphatic rings. The Morgan fingerprint density at radius 1 is 0.706 bits per heavy atom. The van der Waals surface area contributed by atoms with Crippen LogP contribution >= 0.6 is 0 Å². The highest BCUT2D eigenvalue weighted by molar-refractivity contribution is 6.04. The zero-order chi connectivity index (χ0) is 24.3. The number of hydrogen-bond acceptors (Lipinski definition) is 6. The SMILES string of the molecule is CCOC(=O)Oc1ccc(C(=O)Nc2ccc(CNC(=O)c3ccc(OCC)cc3)cc2)cc1. The van der Waals surface area contributed by atoms with E-state index < -0.39 is 6.16 Å². The van der Waals surface area contributed by atoms with Crippen LogP contribution in [0.5, 0.6) is 11.5 Å². The molecule has 34 heavy (non-hydrogen) atoms. The van der Waals surface area contributed by atoms with Crippen LogP contribution in [0.1, 0.15) is 40.1 Å². The second-order valence-corrected chi connectivity index (χ2v) is 7.10. The predicted octanol–water partition coefficient (Wildman–Crippen LogP) is 4.80. The van der Waals surface area contributed by atoms with E-state index in [2.05, 4.69) is 10.6 Å². The molecule has 3 aromatic rings. The normalized spacial score (nSPS) is 10.2. The highest BCUT2D eigenvalue weighted by Crippen LogP contribution is 2.16. The van der Waals surface area contributed by atoms with Gasteiger partial charge in [-0.05, 0) is 80.1 Å². The Kier molecular flexibility index (Phi) is 8.62. The summed E-state index contributed by atoms with van der Waals surface area (Å²) in [4.78, 5) is 36.1. The Hall–Kier alpha value is -4.33. The molecular formula is C26H26N2O6. The van der Waals surface area contributed by atoms with Gasteiger partial charge in [0, 0.05) is 23.4 Å². The molecule has 2 amide bonds. The molecule has 8 heteroatoms. The highest BCUT2D eigenvalue weighted by atomic mass is 16.7. The van der Waals surface area contributed by atoms with E-state index in [0.717, 1.165) is 11.3 Å². The Labute approximate surface area is 197 Å². The molecule has 0 aromatic heterocycles. The van der Waals surface area contributed by atoms with Gasteiger partial charge in [-0.3, -0.25) is 9.59 Å². The van der Waals surface area contributed by atoms with Crippen molar-refractivity contribution in [1.82, 2.24) is 5.32 Å². The van der Waals surface area contributed by atoms with Gasteiger partial charge >= 0.3 is 6.16 Å². The molecule has 0 bridgehead atoms. The van der Waals surface area contributed by atoms with Crippen LogP contribution in [0.4, 0.5) is 10.5 Å². The van der Waals surface area contributed by atoms with Gasteiger partial charge in [0.2, 0.25) is 0 Å². The van der Waals surface area contributed by atoms with Crippen LogP contribution in [0.3, 0.4) is 0 Å². The summed E-state index contributed by atoms with van der Waals surface area (Å²) in [6, 6.07) is 20.3. The summed E-state index contributed by atoms with van der Waals surface area (Å²) in [5, 5.41) is 5.67. The Balaban J connectivity index is 1.49. The van der Waals surface area contributed by atoms with Gasteiger partial charge < -0.3 is 24.8 Å². The third-order valence-electron chi connectivity index (χ3n) is 4.67. The fraction of sp³-hybridized carbons (Fsp3) is 0.192. The van der Waals surface area contributed by atoms with E-state index in [1.807, 2.05) is 19.1 Å². The van der Waals surface area contributed by atoms with Gasteiger partial charge in [-0.1, -0.05) is 12.1 Å². The lowest BCUT2D eigenvalue weighted by molar-refractivity contribution is 0.0949. The third-order valence-corrected chi connectivity index (χ3v) is 4.67. The number of nitrogens with one attached hydrogen (secondary N) is 2. The molecule has 176 valence electrons. The van der Waals surface area contributed by atoms with Crippen molar-refractivity contribution < 1.29 is 28.6 Å². The van der Waals surface area contributed by atoms with Crippen LogP contribution in [0.2, 0.25) is 0 Å². The van der Waals surface area contributed by atoms with E-state index in [0.29, 0.717) is 30.0 Å². The molecule has 0 aliphatic heterocycles. The summed E-state index contributed by atoms with van der Waals surface area (Å²) in [5.41, 5.74) is 2.45. The minimum atomic E-state index is -0.796. The number of amides is 2. The fourth-order valence-corrected chi connectivity index (χ4v) is 2.98. The van der Waals surface area contributed by atoms with Crippen LogP contribution in [-0.2, 0) is 11.3 Å². The van der Waals surface area contributed by atoms with Crippen LogP contribution in [-0.4, -0.2) is 31.2 Å². The standard InChI is InChI=1S/C26H26N2O6/c1-3-32-22-13-7-19(8-14-22)24(29)27-17-18-5-11-21(12-6-18)28-25(30)20-9-15-23(16-10-20)34-26(31)33-4-2/h5-16H,3-4,17H2,1-2H3,(H,27,29)(H,28,30). The van der Waals surface area contributed by atoms with Gasteiger partial charge in [0.05, 0.1) is 13.2 Å². The van der Waals surface area contributed by atoms with Gasteiger partial charge in [-0.15, -0.1) is 0 Å². The molecule has 2 N–H and O–H groups in total. The van der Waals surface area contributed by atoms with Crippen molar-refractivity contribution in [3.8, 4) is 11.5 Å². The lowest BCUT2D eigenvalue weighted by atomic mass is 10.1. The predicted molar refractivity (Wildman–Crippen MR) is 127 cm³/mol. The van der Waals surface area contributed by atoms with Gasteiger partial charge in [-0.25, -0.2) is 4.79 Å². The van der Waals surface area contributed by atoms with Crippen molar-refractivity contribution in [2.24, 2.45) is 0 Å². The second-order valence-electron chi connectivity index (χ2n) is 7.10. The molecule has 0 spiro atoms. The van der Waals surface area contributed by atoms with Crippen molar-refractivity contribution in [2.45, 2.75) is 20.4 Å². The van der Waals surface area contributed by atoms with E-state index in [-0.39, 0.29) is 24.2 Å². The van der Waals surface area contributed by atoms with Crippen molar-refractivity contribution in [1.29, 1.82) is 0 Å². The summed E-state index contributed by atoms with van der Waals surface area (Å²) < 4.78 is 15.1. The van der Waals surface area contributed by atoms with Crippen LogP contribution in [0, 0.1) is 0 Å². The molecule has 0 saturated heterocycles.